The van der Waals surface area contributed by atoms with Gasteiger partial charge in [0.15, 0.2) is 0 Å². The summed E-state index contributed by atoms with van der Waals surface area (Å²) in [5, 5.41) is -1.75. The molecule has 0 aliphatic rings. The molecule has 0 unspecified atom stereocenters. The Kier molecular flexibility index (Phi) is 25.9. The van der Waals surface area contributed by atoms with Crippen molar-refractivity contribution in [2.45, 2.75) is 188 Å². The predicted octanol–water partition coefficient (Wildman–Crippen LogP) is 13.7. The van der Waals surface area contributed by atoms with Crippen molar-refractivity contribution in [3.8, 4) is 0 Å². The molecule has 0 fully saturated rings. The number of unbranched alkanes of at least 4 members (excludes halogenated alkanes) is 21. The third kappa shape index (κ3) is 21.5. The Hall–Kier alpha value is 0.910. The molecule has 0 saturated carbocycles. The zero-order chi connectivity index (χ0) is 26.0. The second kappa shape index (κ2) is 25.2. The molecule has 0 rings (SSSR count). The van der Waals surface area contributed by atoms with Gasteiger partial charge in [0.2, 0.25) is 0 Å². The van der Waals surface area contributed by atoms with E-state index < -0.39 is 5.31 Å². The average Bonchev–Trinajstić information content (AvgIpc) is 2.85. The maximum absolute atomic E-state index is 4.75. The minimum atomic E-state index is -1.75. The van der Waals surface area contributed by atoms with E-state index in [4.69, 9.17) is 15.5 Å². The van der Waals surface area contributed by atoms with Crippen LogP contribution >= 0.6 is 20.8 Å². The van der Waals surface area contributed by atoms with E-state index in [0.717, 1.165) is 0 Å². The van der Waals surface area contributed by atoms with Crippen LogP contribution in [0.15, 0.2) is 0 Å². The summed E-state index contributed by atoms with van der Waals surface area (Å²) in [5.74, 6) is 0. The van der Waals surface area contributed by atoms with Gasteiger partial charge in [0.25, 0.3) is 0 Å². The third-order valence-corrected chi connectivity index (χ3v) is 18.5. The number of hydrogen-bond acceptors (Lipinski definition) is 0. The van der Waals surface area contributed by atoms with Crippen LogP contribution in [0.25, 0.3) is 0 Å². The third-order valence-electron chi connectivity index (χ3n) is 8.53. The van der Waals surface area contributed by atoms with Gasteiger partial charge in [-0.15, -0.1) is 0 Å². The van der Waals surface area contributed by atoms with Gasteiger partial charge in [0.05, 0.1) is 0 Å². The minimum absolute atomic E-state index is 1.37. The van der Waals surface area contributed by atoms with Gasteiger partial charge >= 0.3 is 234 Å². The van der Waals surface area contributed by atoms with E-state index in [-0.39, 0.29) is 0 Å². The average molecular weight is 578 g/mol. The van der Waals surface area contributed by atoms with Gasteiger partial charge in [-0.05, 0) is 0 Å². The Balaban J connectivity index is 4.83. The molecule has 0 spiro atoms. The van der Waals surface area contributed by atoms with Gasteiger partial charge in [-0.2, -0.15) is 0 Å². The van der Waals surface area contributed by atoms with E-state index in [9.17, 15) is 0 Å². The molecule has 0 aliphatic heterocycles. The van der Waals surface area contributed by atoms with Crippen molar-refractivity contribution in [1.29, 1.82) is 0 Å². The van der Waals surface area contributed by atoms with E-state index >= 15 is 0 Å². The van der Waals surface area contributed by atoms with Gasteiger partial charge in [0.1, 0.15) is 0 Å². The fourth-order valence-corrected chi connectivity index (χ4v) is 14.4. The fourth-order valence-electron chi connectivity index (χ4n) is 6.00. The van der Waals surface area contributed by atoms with Crippen molar-refractivity contribution in [1.82, 2.24) is 0 Å². The number of hydrogen-bond donors (Lipinski definition) is 0. The second-order valence-corrected chi connectivity index (χ2v) is 23.6. The summed E-state index contributed by atoms with van der Waals surface area (Å²) in [4.78, 5) is 0. The standard InChI is InChI=1S/C33H70BrP/c1-5-9-13-17-18-19-20-21-25-29-33-35(34,30-26-22-14-10-6-2,31-27-23-15-11-7-3)32-28-24-16-12-8-4/h5-33H2,1-4H3. The van der Waals surface area contributed by atoms with Crippen molar-refractivity contribution in [2.75, 3.05) is 24.6 Å². The van der Waals surface area contributed by atoms with Crippen molar-refractivity contribution in [3.05, 3.63) is 0 Å². The Bertz CT molecular complexity index is 383. The van der Waals surface area contributed by atoms with Crippen LogP contribution in [0.4, 0.5) is 0 Å². The monoisotopic (exact) mass is 576 g/mol. The molecule has 0 aromatic carbocycles. The first-order chi connectivity index (χ1) is 17.0. The van der Waals surface area contributed by atoms with E-state index in [0.29, 0.717) is 0 Å². The van der Waals surface area contributed by atoms with Crippen LogP contribution in [-0.2, 0) is 0 Å². The van der Waals surface area contributed by atoms with E-state index in [1.165, 1.54) is 161 Å². The molecule has 0 heterocycles. The van der Waals surface area contributed by atoms with Gasteiger partial charge in [0, 0.05) is 0 Å². The summed E-state index contributed by atoms with van der Waals surface area (Å²) in [6, 6.07) is 0. The van der Waals surface area contributed by atoms with Crippen molar-refractivity contribution in [3.63, 3.8) is 0 Å². The first-order valence-electron chi connectivity index (χ1n) is 16.8. The van der Waals surface area contributed by atoms with E-state index in [1.807, 2.05) is 0 Å². The molecule has 35 heavy (non-hydrogen) atoms. The summed E-state index contributed by atoms with van der Waals surface area (Å²) in [6.07, 6.45) is 42.5. The van der Waals surface area contributed by atoms with Crippen LogP contribution in [-0.4, -0.2) is 24.6 Å². The Morgan fingerprint density at radius 1 is 0.286 bits per heavy atom. The summed E-state index contributed by atoms with van der Waals surface area (Å²) in [7, 11) is 0. The Morgan fingerprint density at radius 3 is 0.657 bits per heavy atom. The van der Waals surface area contributed by atoms with Crippen molar-refractivity contribution in [2.24, 2.45) is 0 Å². The van der Waals surface area contributed by atoms with E-state index in [1.54, 1.807) is 24.6 Å². The topological polar surface area (TPSA) is 0 Å². The first-order valence-corrected chi connectivity index (χ1v) is 21.8. The van der Waals surface area contributed by atoms with Crippen LogP contribution in [0, 0.1) is 0 Å². The van der Waals surface area contributed by atoms with Crippen LogP contribution < -0.4 is 0 Å². The molecule has 0 atom stereocenters. The Morgan fingerprint density at radius 2 is 0.457 bits per heavy atom. The zero-order valence-corrected chi connectivity index (χ0v) is 27.8. The summed E-state index contributed by atoms with van der Waals surface area (Å²) in [6.45, 7) is 9.37. The normalized spacial score (nSPS) is 13.2. The SMILES string of the molecule is CCCCCCCCCCCCP(Br)(CCCCCCC)(CCCCCCC)CCCCCCC. The molecule has 0 aliphatic carbocycles. The Labute approximate surface area is 233 Å². The molecule has 0 saturated heterocycles. The summed E-state index contributed by atoms with van der Waals surface area (Å²) < 4.78 is 0. The molecule has 0 N–H and O–H groups in total. The van der Waals surface area contributed by atoms with Gasteiger partial charge in [-0.1, -0.05) is 0 Å². The van der Waals surface area contributed by atoms with Crippen molar-refractivity contribution < 1.29 is 0 Å². The molecule has 2 heteroatoms. The molecule has 0 radical (unpaired) electrons. The summed E-state index contributed by atoms with van der Waals surface area (Å²) >= 11 is 4.75. The number of rotatable bonds is 29. The molecule has 214 valence electrons. The van der Waals surface area contributed by atoms with E-state index in [2.05, 4.69) is 27.7 Å². The van der Waals surface area contributed by atoms with Crippen LogP contribution in [0.2, 0.25) is 0 Å². The van der Waals surface area contributed by atoms with Crippen LogP contribution in [0.1, 0.15) is 188 Å². The molecule has 0 aromatic heterocycles. The molecular formula is C33H70BrP. The molecular weight excluding hydrogens is 507 g/mol. The fraction of sp³-hybridized carbons (Fsp3) is 1.00. The predicted molar refractivity (Wildman–Crippen MR) is 173 cm³/mol. The zero-order valence-electron chi connectivity index (χ0n) is 25.3. The van der Waals surface area contributed by atoms with Gasteiger partial charge < -0.3 is 0 Å². The molecule has 0 amide bonds. The summed E-state index contributed by atoms with van der Waals surface area (Å²) in [5.41, 5.74) is 0. The second-order valence-electron chi connectivity index (χ2n) is 12.1. The molecule has 0 nitrogen and oxygen atoms in total. The molecule has 0 aromatic rings. The quantitative estimate of drug-likeness (QED) is 0.0613. The number of halogens is 1. The molecule has 0 bridgehead atoms. The first kappa shape index (κ1) is 35.9. The van der Waals surface area contributed by atoms with Crippen LogP contribution in [0.3, 0.4) is 0 Å². The van der Waals surface area contributed by atoms with Gasteiger partial charge in [-0.25, -0.2) is 0 Å². The maximum atomic E-state index is 4.75. The van der Waals surface area contributed by atoms with Crippen LogP contribution in [0.5, 0.6) is 0 Å². The van der Waals surface area contributed by atoms with Gasteiger partial charge in [-0.3, -0.25) is 0 Å². The van der Waals surface area contributed by atoms with Crippen molar-refractivity contribution >= 4 is 20.8 Å².